The molecular weight excluding hydrogens is 262 g/mol. The van der Waals surface area contributed by atoms with Gasteiger partial charge in [0.05, 0.1) is 5.69 Å². The van der Waals surface area contributed by atoms with Crippen LogP contribution in [-0.2, 0) is 0 Å². The first-order valence-corrected chi connectivity index (χ1v) is 6.01. The van der Waals surface area contributed by atoms with Crippen LogP contribution in [0.2, 0.25) is 0 Å². The predicted molar refractivity (Wildman–Crippen MR) is 74.6 cm³/mol. The molecule has 0 aliphatic rings. The van der Waals surface area contributed by atoms with Crippen molar-refractivity contribution < 1.29 is 13.6 Å². The lowest BCUT2D eigenvalue weighted by atomic mass is 10.1. The van der Waals surface area contributed by atoms with E-state index in [4.69, 9.17) is 5.73 Å². The normalized spacial score (nSPS) is 10.4. The molecule has 0 saturated carbocycles. The van der Waals surface area contributed by atoms with Crippen LogP contribution in [0.5, 0.6) is 0 Å². The summed E-state index contributed by atoms with van der Waals surface area (Å²) in [5.41, 5.74) is 6.90. The monoisotopic (exact) mass is 276 g/mol. The minimum Gasteiger partial charge on any atom is -0.398 e. The van der Waals surface area contributed by atoms with Gasteiger partial charge in [-0.05, 0) is 43.7 Å². The minimum absolute atomic E-state index is 0.0418. The average molecular weight is 276 g/mol. The topological polar surface area (TPSA) is 55.1 Å². The van der Waals surface area contributed by atoms with Crippen LogP contribution in [0.4, 0.5) is 20.2 Å². The van der Waals surface area contributed by atoms with Crippen molar-refractivity contribution in [2.24, 2.45) is 0 Å². The van der Waals surface area contributed by atoms with Crippen LogP contribution in [0.15, 0.2) is 30.3 Å². The summed E-state index contributed by atoms with van der Waals surface area (Å²) >= 11 is 0. The third kappa shape index (κ3) is 2.77. The van der Waals surface area contributed by atoms with E-state index in [9.17, 15) is 13.6 Å². The van der Waals surface area contributed by atoms with Crippen LogP contribution in [0, 0.1) is 25.5 Å². The molecule has 1 amide bonds. The number of hydrogen-bond donors (Lipinski definition) is 2. The molecule has 0 aliphatic carbocycles. The highest BCUT2D eigenvalue weighted by atomic mass is 19.1. The average Bonchev–Trinajstić information content (AvgIpc) is 2.38. The summed E-state index contributed by atoms with van der Waals surface area (Å²) in [7, 11) is 0. The molecule has 2 aromatic carbocycles. The van der Waals surface area contributed by atoms with Gasteiger partial charge in [-0.25, -0.2) is 8.78 Å². The summed E-state index contributed by atoms with van der Waals surface area (Å²) in [6, 6.07) is 6.87. The number of carbonyl (C=O) groups is 1. The number of benzene rings is 2. The maximum absolute atomic E-state index is 13.6. The van der Waals surface area contributed by atoms with E-state index < -0.39 is 17.5 Å². The fourth-order valence-corrected chi connectivity index (χ4v) is 1.75. The Morgan fingerprint density at radius 2 is 1.80 bits per heavy atom. The van der Waals surface area contributed by atoms with Gasteiger partial charge in [-0.15, -0.1) is 0 Å². The van der Waals surface area contributed by atoms with Crippen molar-refractivity contribution in [3.8, 4) is 0 Å². The molecule has 0 bridgehead atoms. The third-order valence-corrected chi connectivity index (χ3v) is 3.02. The summed E-state index contributed by atoms with van der Waals surface area (Å²) < 4.78 is 27.2. The van der Waals surface area contributed by atoms with Gasteiger partial charge in [0, 0.05) is 16.8 Å². The number of rotatable bonds is 2. The van der Waals surface area contributed by atoms with Crippen LogP contribution >= 0.6 is 0 Å². The number of carbonyl (C=O) groups excluding carboxylic acids is 1. The number of halogens is 2. The smallest absolute Gasteiger partial charge is 0.255 e. The Bertz CT molecular complexity index is 661. The van der Waals surface area contributed by atoms with Crippen molar-refractivity contribution >= 4 is 17.3 Å². The van der Waals surface area contributed by atoms with Crippen molar-refractivity contribution in [3.05, 3.63) is 58.7 Å². The quantitative estimate of drug-likeness (QED) is 0.826. The molecule has 0 aliphatic heterocycles. The van der Waals surface area contributed by atoms with Crippen molar-refractivity contribution in [2.45, 2.75) is 13.8 Å². The highest BCUT2D eigenvalue weighted by molar-refractivity contribution is 6.05. The molecule has 5 heteroatoms. The second-order valence-corrected chi connectivity index (χ2v) is 4.61. The number of amides is 1. The molecule has 0 spiro atoms. The summed E-state index contributed by atoms with van der Waals surface area (Å²) in [5, 5.41) is 2.39. The second kappa shape index (κ2) is 5.28. The summed E-state index contributed by atoms with van der Waals surface area (Å²) in [6.07, 6.45) is 0. The molecule has 2 rings (SSSR count). The first-order valence-electron chi connectivity index (χ1n) is 6.01. The van der Waals surface area contributed by atoms with Gasteiger partial charge in [-0.1, -0.05) is 6.07 Å². The zero-order valence-electron chi connectivity index (χ0n) is 11.1. The van der Waals surface area contributed by atoms with Crippen LogP contribution in [0.1, 0.15) is 21.5 Å². The number of nitrogens with two attached hydrogens (primary N) is 1. The standard InChI is InChI=1S/C15H14F2N2O/c1-8-3-4-14(12(17)5-8)19-15(20)10-6-11(16)9(2)13(18)7-10/h3-7H,18H2,1-2H3,(H,19,20). The van der Waals surface area contributed by atoms with E-state index in [-0.39, 0.29) is 22.5 Å². The molecule has 0 fully saturated rings. The van der Waals surface area contributed by atoms with Crippen molar-refractivity contribution in [1.29, 1.82) is 0 Å². The first kappa shape index (κ1) is 14.0. The fourth-order valence-electron chi connectivity index (χ4n) is 1.75. The summed E-state index contributed by atoms with van der Waals surface area (Å²) in [4.78, 5) is 12.0. The fraction of sp³-hybridized carbons (Fsp3) is 0.133. The summed E-state index contributed by atoms with van der Waals surface area (Å²) in [6.45, 7) is 3.26. The molecule has 0 unspecified atom stereocenters. The van der Waals surface area contributed by atoms with Gasteiger partial charge in [-0.3, -0.25) is 4.79 Å². The van der Waals surface area contributed by atoms with E-state index in [1.165, 1.54) is 25.1 Å². The Hall–Kier alpha value is -2.43. The van der Waals surface area contributed by atoms with Crippen molar-refractivity contribution in [3.63, 3.8) is 0 Å². The molecule has 0 atom stereocenters. The molecule has 2 aromatic rings. The molecule has 0 radical (unpaired) electrons. The third-order valence-electron chi connectivity index (χ3n) is 3.02. The van der Waals surface area contributed by atoms with Crippen LogP contribution < -0.4 is 11.1 Å². The lowest BCUT2D eigenvalue weighted by molar-refractivity contribution is 0.102. The van der Waals surface area contributed by atoms with Crippen LogP contribution in [0.25, 0.3) is 0 Å². The van der Waals surface area contributed by atoms with Gasteiger partial charge >= 0.3 is 0 Å². The van der Waals surface area contributed by atoms with E-state index in [1.807, 2.05) is 0 Å². The number of anilines is 2. The minimum atomic E-state index is -0.613. The lowest BCUT2D eigenvalue weighted by Gasteiger charge is -2.09. The highest BCUT2D eigenvalue weighted by Gasteiger charge is 2.13. The van der Waals surface area contributed by atoms with Gasteiger partial charge < -0.3 is 11.1 Å². The Morgan fingerprint density at radius 3 is 2.40 bits per heavy atom. The number of hydrogen-bond acceptors (Lipinski definition) is 2. The molecule has 3 nitrogen and oxygen atoms in total. The van der Waals surface area contributed by atoms with Gasteiger partial charge in [0.15, 0.2) is 0 Å². The molecule has 0 aromatic heterocycles. The van der Waals surface area contributed by atoms with Crippen LogP contribution in [-0.4, -0.2) is 5.91 Å². The van der Waals surface area contributed by atoms with Gasteiger partial charge in [0.1, 0.15) is 11.6 Å². The molecule has 3 N–H and O–H groups in total. The van der Waals surface area contributed by atoms with Crippen LogP contribution in [0.3, 0.4) is 0 Å². The van der Waals surface area contributed by atoms with Gasteiger partial charge in [0.25, 0.3) is 5.91 Å². The molecule has 0 saturated heterocycles. The Kier molecular flexibility index (Phi) is 3.70. The number of aryl methyl sites for hydroxylation is 1. The predicted octanol–water partition coefficient (Wildman–Crippen LogP) is 3.42. The molecular formula is C15H14F2N2O. The van der Waals surface area contributed by atoms with E-state index >= 15 is 0 Å². The largest absolute Gasteiger partial charge is 0.398 e. The summed E-state index contributed by atoms with van der Waals surface area (Å²) in [5.74, 6) is -1.73. The maximum atomic E-state index is 13.6. The van der Waals surface area contributed by atoms with Gasteiger partial charge in [-0.2, -0.15) is 0 Å². The van der Waals surface area contributed by atoms with E-state index in [1.54, 1.807) is 13.0 Å². The number of nitrogen functional groups attached to an aromatic ring is 1. The van der Waals surface area contributed by atoms with E-state index in [0.29, 0.717) is 0 Å². The zero-order valence-corrected chi connectivity index (χ0v) is 11.1. The van der Waals surface area contributed by atoms with Crippen molar-refractivity contribution in [1.82, 2.24) is 0 Å². The van der Waals surface area contributed by atoms with Crippen molar-refractivity contribution in [2.75, 3.05) is 11.1 Å². The molecule has 104 valence electrons. The van der Waals surface area contributed by atoms with Gasteiger partial charge in [0.2, 0.25) is 0 Å². The first-order chi connectivity index (χ1) is 9.38. The molecule has 0 heterocycles. The Labute approximate surface area is 115 Å². The highest BCUT2D eigenvalue weighted by Crippen LogP contribution is 2.20. The SMILES string of the molecule is Cc1ccc(NC(=O)c2cc(N)c(C)c(F)c2)c(F)c1. The van der Waals surface area contributed by atoms with E-state index in [0.717, 1.165) is 11.6 Å². The maximum Gasteiger partial charge on any atom is 0.255 e. The van der Waals surface area contributed by atoms with E-state index in [2.05, 4.69) is 5.32 Å². The Morgan fingerprint density at radius 1 is 1.10 bits per heavy atom. The zero-order chi connectivity index (χ0) is 14.9. The Balaban J connectivity index is 2.28. The number of nitrogens with one attached hydrogen (secondary N) is 1. The molecule has 20 heavy (non-hydrogen) atoms. The second-order valence-electron chi connectivity index (χ2n) is 4.61. The lowest BCUT2D eigenvalue weighted by Crippen LogP contribution is -2.14.